The minimum absolute atomic E-state index is 0.372. The molecule has 0 atom stereocenters. The highest BCUT2D eigenvalue weighted by Gasteiger charge is 2.02. The number of thioether (sulfide) groups is 1. The summed E-state index contributed by atoms with van der Waals surface area (Å²) in [5.74, 6) is 0. The van der Waals surface area contributed by atoms with Crippen molar-refractivity contribution in [2.75, 3.05) is 19.9 Å². The fourth-order valence-corrected chi connectivity index (χ4v) is 0.821. The zero-order valence-corrected chi connectivity index (χ0v) is 7.70. The SMILES string of the molecule is CCOC(=O)NC(=NC)SC. The van der Waals surface area contributed by atoms with Crippen LogP contribution in [0, 0.1) is 0 Å². The summed E-state index contributed by atoms with van der Waals surface area (Å²) in [6.07, 6.45) is 1.37. The molecule has 4 nitrogen and oxygen atoms in total. The number of alkyl carbamates (subject to hydrolysis) is 1. The van der Waals surface area contributed by atoms with Crippen LogP contribution in [0.2, 0.25) is 0 Å². The molecule has 0 aliphatic carbocycles. The average molecular weight is 176 g/mol. The monoisotopic (exact) mass is 176 g/mol. The van der Waals surface area contributed by atoms with Gasteiger partial charge in [0.1, 0.15) is 0 Å². The second-order valence-electron chi connectivity index (χ2n) is 1.58. The molecule has 0 saturated heterocycles. The van der Waals surface area contributed by atoms with E-state index in [0.717, 1.165) is 0 Å². The predicted octanol–water partition coefficient (Wildman–Crippen LogP) is 1.08. The summed E-state index contributed by atoms with van der Waals surface area (Å²) in [6, 6.07) is 0. The number of nitrogens with one attached hydrogen (secondary N) is 1. The fraction of sp³-hybridized carbons (Fsp3) is 0.667. The molecule has 0 bridgehead atoms. The van der Waals surface area contributed by atoms with Crippen molar-refractivity contribution in [3.05, 3.63) is 0 Å². The van der Waals surface area contributed by atoms with Crippen LogP contribution < -0.4 is 5.32 Å². The number of ether oxygens (including phenoxy) is 1. The molecule has 0 fully saturated rings. The second kappa shape index (κ2) is 6.03. The van der Waals surface area contributed by atoms with E-state index in [-0.39, 0.29) is 0 Å². The highest BCUT2D eigenvalue weighted by molar-refractivity contribution is 8.13. The average Bonchev–Trinajstić information content (AvgIpc) is 2.01. The molecular weight excluding hydrogens is 164 g/mol. The van der Waals surface area contributed by atoms with Gasteiger partial charge < -0.3 is 4.74 Å². The standard InChI is InChI=1S/C6H12N2O2S/c1-4-10-6(9)8-5(7-2)11-3/h4H2,1-3H3,(H,7,8,9). The molecule has 0 aromatic rings. The number of carbonyl (C=O) groups excluding carboxylic acids is 1. The number of hydrogen-bond donors (Lipinski definition) is 1. The van der Waals surface area contributed by atoms with Crippen LogP contribution in [-0.4, -0.2) is 31.2 Å². The molecule has 1 N–H and O–H groups in total. The third-order valence-corrected chi connectivity index (χ3v) is 1.55. The first-order chi connectivity index (χ1) is 5.24. The maximum absolute atomic E-state index is 10.7. The van der Waals surface area contributed by atoms with E-state index in [1.54, 1.807) is 14.0 Å². The van der Waals surface area contributed by atoms with Crippen LogP contribution >= 0.6 is 11.8 Å². The molecule has 0 aliphatic heterocycles. The van der Waals surface area contributed by atoms with E-state index in [4.69, 9.17) is 0 Å². The number of carbonyl (C=O) groups is 1. The van der Waals surface area contributed by atoms with Crippen molar-refractivity contribution in [3.8, 4) is 0 Å². The van der Waals surface area contributed by atoms with Crippen LogP contribution in [0.1, 0.15) is 6.92 Å². The Bertz CT molecular complexity index is 159. The lowest BCUT2D eigenvalue weighted by Crippen LogP contribution is -2.28. The van der Waals surface area contributed by atoms with Gasteiger partial charge in [-0.1, -0.05) is 11.8 Å². The Morgan fingerprint density at radius 2 is 2.36 bits per heavy atom. The first-order valence-corrected chi connectivity index (χ1v) is 4.41. The van der Waals surface area contributed by atoms with Gasteiger partial charge in [0.2, 0.25) is 0 Å². The van der Waals surface area contributed by atoms with Gasteiger partial charge in [-0.05, 0) is 13.2 Å². The van der Waals surface area contributed by atoms with Crippen LogP contribution in [0.5, 0.6) is 0 Å². The van der Waals surface area contributed by atoms with Crippen LogP contribution in [0.15, 0.2) is 4.99 Å². The Balaban J connectivity index is 3.73. The Morgan fingerprint density at radius 1 is 1.73 bits per heavy atom. The topological polar surface area (TPSA) is 50.7 Å². The van der Waals surface area contributed by atoms with E-state index >= 15 is 0 Å². The smallest absolute Gasteiger partial charge is 0.413 e. The maximum atomic E-state index is 10.7. The molecule has 11 heavy (non-hydrogen) atoms. The summed E-state index contributed by atoms with van der Waals surface area (Å²) >= 11 is 1.36. The Kier molecular flexibility index (Phi) is 5.64. The summed E-state index contributed by atoms with van der Waals surface area (Å²) in [5, 5.41) is 3.03. The lowest BCUT2D eigenvalue weighted by atomic mass is 10.9. The van der Waals surface area contributed by atoms with Crippen LogP contribution in [0.4, 0.5) is 4.79 Å². The molecule has 64 valence electrons. The molecule has 0 radical (unpaired) electrons. The normalized spacial score (nSPS) is 11.0. The number of rotatable bonds is 1. The van der Waals surface area contributed by atoms with Gasteiger partial charge in [0.25, 0.3) is 0 Å². The number of hydrogen-bond acceptors (Lipinski definition) is 4. The largest absolute Gasteiger partial charge is 0.450 e. The van der Waals surface area contributed by atoms with E-state index in [9.17, 15) is 4.79 Å². The quantitative estimate of drug-likeness (QED) is 0.480. The Morgan fingerprint density at radius 3 is 2.73 bits per heavy atom. The predicted molar refractivity (Wildman–Crippen MR) is 47.0 cm³/mol. The molecule has 5 heteroatoms. The lowest BCUT2D eigenvalue weighted by Gasteiger charge is -2.03. The molecule has 0 rings (SSSR count). The summed E-state index contributed by atoms with van der Waals surface area (Å²) in [5.41, 5.74) is 0. The van der Waals surface area contributed by atoms with E-state index in [1.165, 1.54) is 11.8 Å². The molecule has 0 aliphatic rings. The van der Waals surface area contributed by atoms with Crippen molar-refractivity contribution >= 4 is 23.0 Å². The zero-order valence-electron chi connectivity index (χ0n) is 6.88. The van der Waals surface area contributed by atoms with Gasteiger partial charge >= 0.3 is 6.09 Å². The van der Waals surface area contributed by atoms with Gasteiger partial charge in [-0.15, -0.1) is 0 Å². The molecule has 0 unspecified atom stereocenters. The molecule has 0 heterocycles. The Labute approximate surface area is 70.4 Å². The number of amides is 1. The number of nitrogens with zero attached hydrogens (tertiary/aromatic N) is 1. The second-order valence-corrected chi connectivity index (χ2v) is 2.37. The van der Waals surface area contributed by atoms with Crippen molar-refractivity contribution in [2.24, 2.45) is 4.99 Å². The summed E-state index contributed by atoms with van der Waals surface area (Å²) in [7, 11) is 1.61. The molecule has 0 aromatic heterocycles. The molecule has 0 aromatic carbocycles. The third-order valence-electron chi connectivity index (χ3n) is 0.881. The van der Waals surface area contributed by atoms with Crippen LogP contribution in [-0.2, 0) is 4.74 Å². The molecule has 1 amide bonds. The van der Waals surface area contributed by atoms with Gasteiger partial charge in [0.05, 0.1) is 6.61 Å². The highest BCUT2D eigenvalue weighted by atomic mass is 32.2. The first-order valence-electron chi connectivity index (χ1n) is 3.19. The zero-order chi connectivity index (χ0) is 8.69. The highest BCUT2D eigenvalue weighted by Crippen LogP contribution is 1.93. The molecule has 0 saturated carbocycles. The van der Waals surface area contributed by atoms with Crippen LogP contribution in [0.25, 0.3) is 0 Å². The van der Waals surface area contributed by atoms with Crippen molar-refractivity contribution in [3.63, 3.8) is 0 Å². The van der Waals surface area contributed by atoms with E-state index < -0.39 is 6.09 Å². The van der Waals surface area contributed by atoms with E-state index in [2.05, 4.69) is 15.0 Å². The van der Waals surface area contributed by atoms with Gasteiger partial charge in [0, 0.05) is 7.05 Å². The van der Waals surface area contributed by atoms with Gasteiger partial charge in [-0.2, -0.15) is 0 Å². The number of aliphatic imine (C=N–C) groups is 1. The molecular formula is C6H12N2O2S. The number of amidine groups is 1. The maximum Gasteiger partial charge on any atom is 0.413 e. The lowest BCUT2D eigenvalue weighted by molar-refractivity contribution is 0.158. The summed E-state index contributed by atoms with van der Waals surface area (Å²) in [4.78, 5) is 14.5. The minimum Gasteiger partial charge on any atom is -0.450 e. The minimum atomic E-state index is -0.456. The van der Waals surface area contributed by atoms with Crippen molar-refractivity contribution in [2.45, 2.75) is 6.92 Å². The fourth-order valence-electron chi connectivity index (χ4n) is 0.453. The van der Waals surface area contributed by atoms with Gasteiger partial charge in [-0.3, -0.25) is 10.3 Å². The van der Waals surface area contributed by atoms with E-state index in [0.29, 0.717) is 11.8 Å². The van der Waals surface area contributed by atoms with Gasteiger partial charge in [-0.25, -0.2) is 4.79 Å². The van der Waals surface area contributed by atoms with Crippen LogP contribution in [0.3, 0.4) is 0 Å². The van der Waals surface area contributed by atoms with E-state index in [1.807, 2.05) is 6.26 Å². The Hall–Kier alpha value is -0.710. The van der Waals surface area contributed by atoms with Gasteiger partial charge in [0.15, 0.2) is 5.17 Å². The summed E-state index contributed by atoms with van der Waals surface area (Å²) < 4.78 is 4.63. The summed E-state index contributed by atoms with van der Waals surface area (Å²) in [6.45, 7) is 2.12. The third kappa shape index (κ3) is 4.66. The van der Waals surface area contributed by atoms with Crippen molar-refractivity contribution < 1.29 is 9.53 Å². The van der Waals surface area contributed by atoms with Crippen molar-refractivity contribution in [1.29, 1.82) is 0 Å². The molecule has 0 spiro atoms. The first kappa shape index (κ1) is 10.3. The van der Waals surface area contributed by atoms with Crippen molar-refractivity contribution in [1.82, 2.24) is 5.32 Å².